The summed E-state index contributed by atoms with van der Waals surface area (Å²) in [5.41, 5.74) is 3.43. The molecule has 4 rings (SSSR count). The van der Waals surface area contributed by atoms with E-state index in [4.69, 9.17) is 13.9 Å². The number of carbonyl (C=O) groups is 2. The van der Waals surface area contributed by atoms with Gasteiger partial charge in [0.1, 0.15) is 24.0 Å². The molecule has 0 aliphatic carbocycles. The molecule has 0 aliphatic heterocycles. The van der Waals surface area contributed by atoms with Crippen LogP contribution in [0, 0.1) is 20.8 Å². The van der Waals surface area contributed by atoms with Gasteiger partial charge in [-0.1, -0.05) is 60.7 Å². The van der Waals surface area contributed by atoms with Crippen molar-refractivity contribution >= 4 is 23.0 Å². The Morgan fingerprint density at radius 3 is 2.19 bits per heavy atom. The largest absolute Gasteiger partial charge is 0.445 e. The van der Waals surface area contributed by atoms with Crippen LogP contribution in [0.1, 0.15) is 27.8 Å². The molecule has 0 unspecified atom stereocenters. The van der Waals surface area contributed by atoms with Crippen LogP contribution in [0.2, 0.25) is 0 Å². The van der Waals surface area contributed by atoms with Crippen molar-refractivity contribution in [1.29, 1.82) is 0 Å². The minimum Gasteiger partial charge on any atom is -0.445 e. The van der Waals surface area contributed by atoms with Crippen molar-refractivity contribution in [2.45, 2.75) is 39.8 Å². The molecule has 0 fully saturated rings. The van der Waals surface area contributed by atoms with Crippen LogP contribution in [0.3, 0.4) is 0 Å². The number of ether oxygens (including phenoxy) is 2. The molecule has 0 saturated heterocycles. The van der Waals surface area contributed by atoms with Crippen molar-refractivity contribution in [3.05, 3.63) is 111 Å². The molecule has 184 valence electrons. The number of esters is 1. The Hall–Kier alpha value is -4.39. The van der Waals surface area contributed by atoms with Gasteiger partial charge in [-0.15, -0.1) is 0 Å². The van der Waals surface area contributed by atoms with Gasteiger partial charge in [-0.25, -0.2) is 14.4 Å². The summed E-state index contributed by atoms with van der Waals surface area (Å²) < 4.78 is 16.6. The highest BCUT2D eigenvalue weighted by molar-refractivity contribution is 5.92. The summed E-state index contributed by atoms with van der Waals surface area (Å²) in [5, 5.41) is 3.18. The zero-order valence-electron chi connectivity index (χ0n) is 20.4. The molecule has 3 aromatic carbocycles. The molecule has 0 bridgehead atoms. The quantitative estimate of drug-likeness (QED) is 0.221. The number of hydrogen-bond donors (Lipinski definition) is 1. The number of rotatable bonds is 7. The molecule has 4 aromatic rings. The van der Waals surface area contributed by atoms with Crippen molar-refractivity contribution < 1.29 is 23.5 Å². The zero-order valence-corrected chi connectivity index (χ0v) is 20.4. The minimum atomic E-state index is -1.01. The van der Waals surface area contributed by atoms with Gasteiger partial charge in [0.25, 0.3) is 0 Å². The molecular formula is C29H27NO6. The van der Waals surface area contributed by atoms with Gasteiger partial charge in [0.15, 0.2) is 0 Å². The van der Waals surface area contributed by atoms with Gasteiger partial charge >= 0.3 is 17.7 Å². The Morgan fingerprint density at radius 2 is 1.53 bits per heavy atom. The maximum absolute atomic E-state index is 13.4. The van der Waals surface area contributed by atoms with E-state index in [1.54, 1.807) is 26.0 Å². The van der Waals surface area contributed by atoms with Gasteiger partial charge < -0.3 is 19.2 Å². The van der Waals surface area contributed by atoms with Gasteiger partial charge in [0.05, 0.1) is 5.39 Å². The number of benzene rings is 3. The van der Waals surface area contributed by atoms with E-state index in [0.717, 1.165) is 16.7 Å². The van der Waals surface area contributed by atoms with Gasteiger partial charge in [-0.3, -0.25) is 0 Å². The number of fused-ring (bicyclic) bond motifs is 1. The van der Waals surface area contributed by atoms with Crippen LogP contribution in [-0.2, 0) is 22.6 Å². The summed E-state index contributed by atoms with van der Waals surface area (Å²) in [6.07, 6.45) is -0.527. The summed E-state index contributed by atoms with van der Waals surface area (Å²) in [4.78, 5) is 38.1. The lowest BCUT2D eigenvalue weighted by Gasteiger charge is -2.19. The highest BCUT2D eigenvalue weighted by Gasteiger charge is 2.26. The van der Waals surface area contributed by atoms with Crippen LogP contribution >= 0.6 is 0 Å². The molecule has 0 saturated carbocycles. The van der Waals surface area contributed by atoms with E-state index in [-0.39, 0.29) is 18.8 Å². The molecule has 1 heterocycles. The minimum absolute atomic E-state index is 0.0692. The van der Waals surface area contributed by atoms with E-state index in [1.807, 2.05) is 67.6 Å². The van der Waals surface area contributed by atoms with Crippen molar-refractivity contribution in [3.8, 4) is 5.75 Å². The summed E-state index contributed by atoms with van der Waals surface area (Å²) in [5.74, 6) is -0.400. The highest BCUT2D eigenvalue weighted by atomic mass is 16.6. The second-order valence-corrected chi connectivity index (χ2v) is 8.65. The van der Waals surface area contributed by atoms with E-state index in [0.29, 0.717) is 22.1 Å². The third-order valence-corrected chi connectivity index (χ3v) is 5.94. The topological polar surface area (TPSA) is 94.8 Å². The third-order valence-electron chi connectivity index (χ3n) is 5.94. The van der Waals surface area contributed by atoms with Crippen LogP contribution < -0.4 is 15.7 Å². The number of nitrogens with one attached hydrogen (secondary N) is 1. The molecule has 0 radical (unpaired) electrons. The smallest absolute Gasteiger partial charge is 0.408 e. The first kappa shape index (κ1) is 24.7. The molecule has 1 atom stereocenters. The lowest BCUT2D eigenvalue weighted by molar-refractivity contribution is -0.136. The lowest BCUT2D eigenvalue weighted by atomic mass is 10.0. The summed E-state index contributed by atoms with van der Waals surface area (Å²) in [7, 11) is 0. The molecule has 1 aromatic heterocycles. The van der Waals surface area contributed by atoms with Crippen molar-refractivity contribution in [2.75, 3.05) is 0 Å². The lowest BCUT2D eigenvalue weighted by Crippen LogP contribution is -2.44. The van der Waals surface area contributed by atoms with E-state index in [9.17, 15) is 14.4 Å². The van der Waals surface area contributed by atoms with E-state index < -0.39 is 23.7 Å². The Morgan fingerprint density at radius 1 is 0.889 bits per heavy atom. The van der Waals surface area contributed by atoms with Crippen molar-refractivity contribution in [3.63, 3.8) is 0 Å². The predicted molar refractivity (Wildman–Crippen MR) is 136 cm³/mol. The average molecular weight is 486 g/mol. The first-order valence-corrected chi connectivity index (χ1v) is 11.6. The number of carbonyl (C=O) groups excluding carboxylic acids is 2. The molecule has 7 heteroatoms. The molecular weight excluding hydrogens is 458 g/mol. The monoisotopic (exact) mass is 485 g/mol. The fourth-order valence-corrected chi connectivity index (χ4v) is 3.90. The average Bonchev–Trinajstić information content (AvgIpc) is 2.86. The Balaban J connectivity index is 1.59. The standard InChI is InChI=1S/C29H27NO6/c1-18-14-24-26(19(2)20(3)27(31)35-24)25(15-18)36-28(32)23(16-21-10-6-4-7-11-21)30-29(33)34-17-22-12-8-5-9-13-22/h4-15,23H,16-17H2,1-3H3,(H,30,33)/t23-/m0/s1. The van der Waals surface area contributed by atoms with E-state index in [1.165, 1.54) is 0 Å². The fourth-order valence-electron chi connectivity index (χ4n) is 3.90. The number of hydrogen-bond acceptors (Lipinski definition) is 6. The second-order valence-electron chi connectivity index (χ2n) is 8.65. The van der Waals surface area contributed by atoms with Gasteiger partial charge in [-0.2, -0.15) is 0 Å². The third kappa shape index (κ3) is 5.81. The number of alkyl carbamates (subject to hydrolysis) is 1. The Kier molecular flexibility index (Phi) is 7.49. The summed E-state index contributed by atoms with van der Waals surface area (Å²) >= 11 is 0. The van der Waals surface area contributed by atoms with Crippen LogP contribution in [0.25, 0.3) is 11.0 Å². The molecule has 1 N–H and O–H groups in total. The Labute approximate surface area is 208 Å². The van der Waals surface area contributed by atoms with Crippen molar-refractivity contribution in [1.82, 2.24) is 5.32 Å². The van der Waals surface area contributed by atoms with Crippen LogP contribution in [0.4, 0.5) is 4.79 Å². The Bertz CT molecular complexity index is 1440. The van der Waals surface area contributed by atoms with E-state index in [2.05, 4.69) is 5.32 Å². The van der Waals surface area contributed by atoms with Gasteiger partial charge in [-0.05, 0) is 55.2 Å². The first-order valence-electron chi connectivity index (χ1n) is 11.6. The van der Waals surface area contributed by atoms with E-state index >= 15 is 0 Å². The number of amides is 1. The molecule has 1 amide bonds. The maximum Gasteiger partial charge on any atom is 0.408 e. The van der Waals surface area contributed by atoms with Gasteiger partial charge in [0, 0.05) is 12.0 Å². The van der Waals surface area contributed by atoms with Crippen LogP contribution in [0.15, 0.2) is 82.0 Å². The molecule has 0 spiro atoms. The highest BCUT2D eigenvalue weighted by Crippen LogP contribution is 2.31. The molecule has 36 heavy (non-hydrogen) atoms. The van der Waals surface area contributed by atoms with Gasteiger partial charge in [0.2, 0.25) is 0 Å². The summed E-state index contributed by atoms with van der Waals surface area (Å²) in [6.45, 7) is 5.32. The molecule has 7 nitrogen and oxygen atoms in total. The second kappa shape index (κ2) is 10.9. The molecule has 0 aliphatic rings. The summed E-state index contributed by atoms with van der Waals surface area (Å²) in [6, 6.07) is 21.0. The first-order chi connectivity index (χ1) is 17.3. The predicted octanol–water partition coefficient (Wildman–Crippen LogP) is 5.16. The fraction of sp³-hybridized carbons (Fsp3) is 0.207. The van der Waals surface area contributed by atoms with Crippen molar-refractivity contribution in [2.24, 2.45) is 0 Å². The number of aryl methyl sites for hydroxylation is 2. The normalized spacial score (nSPS) is 11.6. The van der Waals surface area contributed by atoms with Crippen LogP contribution in [-0.4, -0.2) is 18.1 Å². The zero-order chi connectivity index (χ0) is 25.7. The SMILES string of the molecule is Cc1cc(OC(=O)[C@H](Cc2ccccc2)NC(=O)OCc2ccccc2)c2c(C)c(C)c(=O)oc2c1. The maximum atomic E-state index is 13.4. The van der Waals surface area contributed by atoms with Crippen LogP contribution in [0.5, 0.6) is 5.75 Å².